The van der Waals surface area contributed by atoms with E-state index in [0.717, 1.165) is 18.8 Å². The highest BCUT2D eigenvalue weighted by molar-refractivity contribution is 5.85. The molecular formula is C13H29Cl2N3O. The van der Waals surface area contributed by atoms with Crippen LogP contribution >= 0.6 is 24.8 Å². The summed E-state index contributed by atoms with van der Waals surface area (Å²) in [5.41, 5.74) is 5.69. The van der Waals surface area contributed by atoms with E-state index < -0.39 is 6.04 Å². The fourth-order valence-electron chi connectivity index (χ4n) is 2.77. The van der Waals surface area contributed by atoms with Crippen LogP contribution in [0.15, 0.2) is 0 Å². The number of nitrogens with two attached hydrogens (primary N) is 1. The Kier molecular flexibility index (Phi) is 10.1. The molecular weight excluding hydrogens is 285 g/mol. The maximum Gasteiger partial charge on any atom is 0.236 e. The van der Waals surface area contributed by atoms with E-state index in [-0.39, 0.29) is 36.3 Å². The van der Waals surface area contributed by atoms with Crippen LogP contribution in [0.1, 0.15) is 39.5 Å². The number of nitrogens with zero attached hydrogens (tertiary/aromatic N) is 1. The largest absolute Gasteiger partial charge is 0.353 e. The van der Waals surface area contributed by atoms with Crippen LogP contribution in [0.4, 0.5) is 0 Å². The lowest BCUT2D eigenvalue weighted by atomic mass is 9.75. The fraction of sp³-hybridized carbons (Fsp3) is 0.923. The van der Waals surface area contributed by atoms with Gasteiger partial charge in [0.2, 0.25) is 5.91 Å². The van der Waals surface area contributed by atoms with Gasteiger partial charge < -0.3 is 16.0 Å². The summed E-state index contributed by atoms with van der Waals surface area (Å²) in [6.07, 6.45) is 4.85. The van der Waals surface area contributed by atoms with Gasteiger partial charge >= 0.3 is 0 Å². The third-order valence-corrected chi connectivity index (χ3v) is 4.02. The number of carbonyl (C=O) groups is 1. The molecule has 2 unspecified atom stereocenters. The van der Waals surface area contributed by atoms with Gasteiger partial charge in [-0.15, -0.1) is 24.8 Å². The molecule has 1 aliphatic carbocycles. The van der Waals surface area contributed by atoms with E-state index in [1.54, 1.807) is 6.92 Å². The smallest absolute Gasteiger partial charge is 0.236 e. The van der Waals surface area contributed by atoms with E-state index >= 15 is 0 Å². The van der Waals surface area contributed by atoms with E-state index in [1.165, 1.54) is 12.8 Å². The Bertz CT molecular complexity index is 275. The van der Waals surface area contributed by atoms with Gasteiger partial charge in [-0.1, -0.05) is 19.8 Å². The van der Waals surface area contributed by atoms with Gasteiger partial charge in [0.1, 0.15) is 0 Å². The Morgan fingerprint density at radius 3 is 2.47 bits per heavy atom. The van der Waals surface area contributed by atoms with E-state index in [1.807, 2.05) is 0 Å². The molecule has 116 valence electrons. The Morgan fingerprint density at radius 1 is 1.47 bits per heavy atom. The van der Waals surface area contributed by atoms with Crippen LogP contribution < -0.4 is 11.1 Å². The SMILES string of the molecule is CC1CCCC(CNC(=O)[C@@H](C)N)(N(C)C)C1.Cl.Cl. The van der Waals surface area contributed by atoms with Gasteiger partial charge in [0, 0.05) is 12.1 Å². The highest BCUT2D eigenvalue weighted by Gasteiger charge is 2.37. The van der Waals surface area contributed by atoms with E-state index in [9.17, 15) is 4.79 Å². The van der Waals surface area contributed by atoms with E-state index in [4.69, 9.17) is 5.73 Å². The summed E-state index contributed by atoms with van der Waals surface area (Å²) in [6.45, 7) is 4.73. The number of rotatable bonds is 4. The number of halogens is 2. The first-order valence-corrected chi connectivity index (χ1v) is 6.58. The number of likely N-dealkylation sites (N-methyl/N-ethyl adjacent to an activating group) is 1. The average molecular weight is 314 g/mol. The van der Waals surface area contributed by atoms with Crippen LogP contribution in [0.2, 0.25) is 0 Å². The van der Waals surface area contributed by atoms with Gasteiger partial charge in [0.05, 0.1) is 6.04 Å². The molecule has 1 saturated carbocycles. The molecule has 0 radical (unpaired) electrons. The summed E-state index contributed by atoms with van der Waals surface area (Å²) in [6, 6.07) is -0.421. The average Bonchev–Trinajstić information content (AvgIpc) is 2.25. The molecule has 6 heteroatoms. The molecule has 0 aromatic carbocycles. The van der Waals surface area contributed by atoms with Crippen molar-refractivity contribution in [1.29, 1.82) is 0 Å². The molecule has 0 heterocycles. The summed E-state index contributed by atoms with van der Waals surface area (Å²) >= 11 is 0. The summed E-state index contributed by atoms with van der Waals surface area (Å²) in [7, 11) is 4.21. The molecule has 0 saturated heterocycles. The van der Waals surface area contributed by atoms with Crippen molar-refractivity contribution < 1.29 is 4.79 Å². The van der Waals surface area contributed by atoms with Gasteiger partial charge in [-0.05, 0) is 39.8 Å². The minimum absolute atomic E-state index is 0. The monoisotopic (exact) mass is 313 g/mol. The molecule has 0 bridgehead atoms. The van der Waals surface area contributed by atoms with Crippen LogP contribution in [0.3, 0.4) is 0 Å². The van der Waals surface area contributed by atoms with Crippen LogP contribution in [0.5, 0.6) is 0 Å². The molecule has 3 atom stereocenters. The standard InChI is InChI=1S/C13H27N3O.2ClH/c1-10-6-5-7-13(8-10,16(3)4)9-15-12(17)11(2)14;;/h10-11H,5-9,14H2,1-4H3,(H,15,17);2*1H/t10?,11-,13?;;/m1../s1. The second-order valence-electron chi connectivity index (χ2n) is 5.83. The third kappa shape index (κ3) is 5.86. The number of amides is 1. The van der Waals surface area contributed by atoms with Gasteiger partial charge in [0.15, 0.2) is 0 Å². The molecule has 3 N–H and O–H groups in total. The van der Waals surface area contributed by atoms with Gasteiger partial charge in [-0.25, -0.2) is 0 Å². The molecule has 0 spiro atoms. The molecule has 1 fully saturated rings. The van der Waals surface area contributed by atoms with Gasteiger partial charge in [0.25, 0.3) is 0 Å². The van der Waals surface area contributed by atoms with Crippen molar-refractivity contribution in [1.82, 2.24) is 10.2 Å². The Morgan fingerprint density at radius 2 is 2.05 bits per heavy atom. The summed E-state index contributed by atoms with van der Waals surface area (Å²) in [5, 5.41) is 2.99. The second kappa shape index (κ2) is 9.01. The molecule has 0 aromatic rings. The third-order valence-electron chi connectivity index (χ3n) is 4.02. The second-order valence-corrected chi connectivity index (χ2v) is 5.83. The van der Waals surface area contributed by atoms with Crippen LogP contribution in [-0.4, -0.2) is 43.0 Å². The topological polar surface area (TPSA) is 58.4 Å². The number of hydrogen-bond donors (Lipinski definition) is 2. The van der Waals surface area contributed by atoms with E-state index in [0.29, 0.717) is 6.54 Å². The Labute approximate surface area is 129 Å². The van der Waals surface area contributed by atoms with Crippen LogP contribution in [0, 0.1) is 5.92 Å². The summed E-state index contributed by atoms with van der Waals surface area (Å²) in [4.78, 5) is 13.8. The van der Waals surface area contributed by atoms with Gasteiger partial charge in [-0.3, -0.25) is 4.79 Å². The predicted octanol–water partition coefficient (Wildman–Crippen LogP) is 1.80. The lowest BCUT2D eigenvalue weighted by Crippen LogP contribution is -2.56. The molecule has 4 nitrogen and oxygen atoms in total. The lowest BCUT2D eigenvalue weighted by molar-refractivity contribution is -0.122. The Hall–Kier alpha value is -0.0300. The van der Waals surface area contributed by atoms with Crippen molar-refractivity contribution in [3.05, 3.63) is 0 Å². The molecule has 1 rings (SSSR count). The van der Waals surface area contributed by atoms with Gasteiger partial charge in [-0.2, -0.15) is 0 Å². The first-order valence-electron chi connectivity index (χ1n) is 6.58. The summed E-state index contributed by atoms with van der Waals surface area (Å²) in [5.74, 6) is 0.683. The quantitative estimate of drug-likeness (QED) is 0.832. The van der Waals surface area contributed by atoms with E-state index in [2.05, 4.69) is 31.2 Å². The molecule has 1 amide bonds. The molecule has 19 heavy (non-hydrogen) atoms. The normalized spacial score (nSPS) is 28.0. The summed E-state index contributed by atoms with van der Waals surface area (Å²) < 4.78 is 0. The number of hydrogen-bond acceptors (Lipinski definition) is 3. The Balaban J connectivity index is 0. The van der Waals surface area contributed by atoms with Crippen LogP contribution in [-0.2, 0) is 4.79 Å². The zero-order valence-electron chi connectivity index (χ0n) is 12.4. The lowest BCUT2D eigenvalue weighted by Gasteiger charge is -2.45. The number of nitrogens with one attached hydrogen (secondary N) is 1. The van der Waals surface area contributed by atoms with Crippen molar-refractivity contribution in [2.24, 2.45) is 11.7 Å². The minimum atomic E-state index is -0.421. The highest BCUT2D eigenvalue weighted by atomic mass is 35.5. The van der Waals surface area contributed by atoms with Crippen LogP contribution in [0.25, 0.3) is 0 Å². The van der Waals surface area contributed by atoms with Crippen molar-refractivity contribution in [2.45, 2.75) is 51.1 Å². The van der Waals surface area contributed by atoms with Crippen molar-refractivity contribution in [3.63, 3.8) is 0 Å². The van der Waals surface area contributed by atoms with Crippen molar-refractivity contribution in [2.75, 3.05) is 20.6 Å². The van der Waals surface area contributed by atoms with Crippen molar-refractivity contribution >= 4 is 30.7 Å². The minimum Gasteiger partial charge on any atom is -0.353 e. The maximum atomic E-state index is 11.6. The molecule has 0 aliphatic heterocycles. The fourth-order valence-corrected chi connectivity index (χ4v) is 2.77. The first kappa shape index (κ1) is 21.3. The molecule has 1 aliphatic rings. The highest BCUT2D eigenvalue weighted by Crippen LogP contribution is 2.35. The predicted molar refractivity (Wildman–Crippen MR) is 85.2 cm³/mol. The maximum absolute atomic E-state index is 11.6. The zero-order chi connectivity index (χ0) is 13.1. The molecule has 0 aromatic heterocycles. The first-order chi connectivity index (χ1) is 7.87. The number of carbonyl (C=O) groups excluding carboxylic acids is 1. The van der Waals surface area contributed by atoms with Crippen molar-refractivity contribution in [3.8, 4) is 0 Å². The zero-order valence-corrected chi connectivity index (χ0v) is 14.1.